The normalized spacial score (nSPS) is 11.4. The molecule has 13 heavy (non-hydrogen) atoms. The van der Waals surface area contributed by atoms with E-state index in [9.17, 15) is 4.79 Å². The Morgan fingerprint density at radius 3 is 2.38 bits per heavy atom. The van der Waals surface area contributed by atoms with Crippen LogP contribution in [0.15, 0.2) is 0 Å². The Hall–Kier alpha value is -0.570. The van der Waals surface area contributed by atoms with Crippen LogP contribution in [0, 0.1) is 5.41 Å². The summed E-state index contributed by atoms with van der Waals surface area (Å²) in [5.74, 6) is -0.538. The van der Waals surface area contributed by atoms with E-state index in [0.717, 1.165) is 19.3 Å². The third kappa shape index (κ3) is 4.88. The molecule has 0 aliphatic rings. The lowest BCUT2D eigenvalue weighted by molar-refractivity contribution is -0.244. The van der Waals surface area contributed by atoms with Crippen LogP contribution in [0.1, 0.15) is 52.9 Å². The first-order valence-corrected chi connectivity index (χ1v) is 4.90. The molecule has 0 atom stereocenters. The standard InChI is InChI=1S/C10H20O3/c1-4-5-6-7-8-10(2,3)9(11)13-12/h12H,4-8H2,1-3H3. The van der Waals surface area contributed by atoms with E-state index in [1.807, 2.05) is 0 Å². The molecule has 0 rings (SSSR count). The fraction of sp³-hybridized carbons (Fsp3) is 0.900. The predicted octanol–water partition coefficient (Wildman–Crippen LogP) is 3.00. The maximum absolute atomic E-state index is 11.0. The molecule has 0 unspecified atom stereocenters. The number of carbonyl (C=O) groups is 1. The van der Waals surface area contributed by atoms with Crippen molar-refractivity contribution in [1.82, 2.24) is 0 Å². The van der Waals surface area contributed by atoms with Gasteiger partial charge in [-0.05, 0) is 20.3 Å². The number of hydrogen-bond acceptors (Lipinski definition) is 3. The summed E-state index contributed by atoms with van der Waals surface area (Å²) in [6, 6.07) is 0. The number of carbonyl (C=O) groups excluding carboxylic acids is 1. The van der Waals surface area contributed by atoms with Crippen molar-refractivity contribution in [3.63, 3.8) is 0 Å². The van der Waals surface area contributed by atoms with Crippen LogP contribution in [-0.2, 0) is 9.68 Å². The van der Waals surface area contributed by atoms with Crippen LogP contribution >= 0.6 is 0 Å². The zero-order valence-corrected chi connectivity index (χ0v) is 8.80. The van der Waals surface area contributed by atoms with E-state index in [1.165, 1.54) is 12.8 Å². The maximum Gasteiger partial charge on any atom is 0.347 e. The largest absolute Gasteiger partial charge is 0.347 e. The molecule has 0 aliphatic carbocycles. The topological polar surface area (TPSA) is 46.5 Å². The molecule has 78 valence electrons. The summed E-state index contributed by atoms with van der Waals surface area (Å²) < 4.78 is 0. The molecule has 0 aromatic rings. The lowest BCUT2D eigenvalue weighted by atomic mass is 9.87. The van der Waals surface area contributed by atoms with Gasteiger partial charge in [0, 0.05) is 0 Å². The average Bonchev–Trinajstić information content (AvgIpc) is 2.11. The molecule has 0 aromatic heterocycles. The van der Waals surface area contributed by atoms with E-state index in [-0.39, 0.29) is 0 Å². The second-order valence-corrected chi connectivity index (χ2v) is 4.07. The van der Waals surface area contributed by atoms with Gasteiger partial charge in [0.2, 0.25) is 0 Å². The third-order valence-corrected chi connectivity index (χ3v) is 2.29. The molecule has 0 fully saturated rings. The first-order chi connectivity index (χ1) is 6.04. The van der Waals surface area contributed by atoms with E-state index in [2.05, 4.69) is 11.8 Å². The summed E-state index contributed by atoms with van der Waals surface area (Å²) >= 11 is 0. The molecular formula is C10H20O3. The zero-order chi connectivity index (χ0) is 10.3. The summed E-state index contributed by atoms with van der Waals surface area (Å²) in [6.07, 6.45) is 5.30. The fourth-order valence-corrected chi connectivity index (χ4v) is 1.22. The molecule has 1 N–H and O–H groups in total. The van der Waals surface area contributed by atoms with Gasteiger partial charge in [0.25, 0.3) is 0 Å². The van der Waals surface area contributed by atoms with Gasteiger partial charge in [-0.25, -0.2) is 4.79 Å². The summed E-state index contributed by atoms with van der Waals surface area (Å²) in [5, 5.41) is 8.22. The predicted molar refractivity (Wildman–Crippen MR) is 51.3 cm³/mol. The van der Waals surface area contributed by atoms with Gasteiger partial charge in [-0.1, -0.05) is 32.6 Å². The summed E-state index contributed by atoms with van der Waals surface area (Å²) in [4.78, 5) is 14.8. The van der Waals surface area contributed by atoms with Gasteiger partial charge in [-0.2, -0.15) is 5.26 Å². The monoisotopic (exact) mass is 188 g/mol. The van der Waals surface area contributed by atoms with Crippen molar-refractivity contribution in [2.75, 3.05) is 0 Å². The lowest BCUT2D eigenvalue weighted by Crippen LogP contribution is -2.25. The summed E-state index contributed by atoms with van der Waals surface area (Å²) in [7, 11) is 0. The molecule has 3 heteroatoms. The molecule has 0 heterocycles. The Bertz CT molecular complexity index is 152. The Morgan fingerprint density at radius 2 is 1.92 bits per heavy atom. The van der Waals surface area contributed by atoms with Crippen molar-refractivity contribution >= 4 is 5.97 Å². The molecule has 0 aromatic carbocycles. The highest BCUT2D eigenvalue weighted by Crippen LogP contribution is 2.25. The minimum Gasteiger partial charge on any atom is -0.300 e. The van der Waals surface area contributed by atoms with Gasteiger partial charge in [-0.3, -0.25) is 0 Å². The van der Waals surface area contributed by atoms with Crippen molar-refractivity contribution in [1.29, 1.82) is 0 Å². The minimum absolute atomic E-state index is 0.538. The van der Waals surface area contributed by atoms with Crippen molar-refractivity contribution in [3.8, 4) is 0 Å². The molecular weight excluding hydrogens is 168 g/mol. The van der Waals surface area contributed by atoms with E-state index in [4.69, 9.17) is 5.26 Å². The van der Waals surface area contributed by atoms with E-state index < -0.39 is 11.4 Å². The number of rotatable bonds is 6. The molecule has 0 aliphatic heterocycles. The SMILES string of the molecule is CCCCCCC(C)(C)C(=O)OO. The zero-order valence-electron chi connectivity index (χ0n) is 8.80. The third-order valence-electron chi connectivity index (χ3n) is 2.29. The number of unbranched alkanes of at least 4 members (excludes halogenated alkanes) is 3. The smallest absolute Gasteiger partial charge is 0.300 e. The molecule has 0 bridgehead atoms. The van der Waals surface area contributed by atoms with E-state index >= 15 is 0 Å². The van der Waals surface area contributed by atoms with Crippen LogP contribution in [0.25, 0.3) is 0 Å². The van der Waals surface area contributed by atoms with Gasteiger partial charge < -0.3 is 4.89 Å². The van der Waals surface area contributed by atoms with Crippen LogP contribution in [-0.4, -0.2) is 11.2 Å². The van der Waals surface area contributed by atoms with Crippen LogP contribution in [0.4, 0.5) is 0 Å². The highest BCUT2D eigenvalue weighted by molar-refractivity contribution is 5.75. The van der Waals surface area contributed by atoms with Gasteiger partial charge in [0.1, 0.15) is 0 Å². The quantitative estimate of drug-likeness (QED) is 0.396. The molecule has 0 saturated carbocycles. The van der Waals surface area contributed by atoms with E-state index in [1.54, 1.807) is 13.8 Å². The fourth-order valence-electron chi connectivity index (χ4n) is 1.22. The van der Waals surface area contributed by atoms with Gasteiger partial charge in [0.15, 0.2) is 0 Å². The van der Waals surface area contributed by atoms with Crippen molar-refractivity contribution in [2.24, 2.45) is 5.41 Å². The van der Waals surface area contributed by atoms with Gasteiger partial charge in [0.05, 0.1) is 5.41 Å². The first-order valence-electron chi connectivity index (χ1n) is 4.90. The Morgan fingerprint density at radius 1 is 1.31 bits per heavy atom. The molecule has 0 spiro atoms. The second kappa shape index (κ2) is 5.97. The molecule has 0 radical (unpaired) electrons. The molecule has 0 amide bonds. The van der Waals surface area contributed by atoms with Crippen LogP contribution < -0.4 is 0 Å². The molecule has 0 saturated heterocycles. The Kier molecular flexibility index (Phi) is 5.71. The van der Waals surface area contributed by atoms with Crippen molar-refractivity contribution in [2.45, 2.75) is 52.9 Å². The Labute approximate surface area is 80.0 Å². The first kappa shape index (κ1) is 12.4. The maximum atomic E-state index is 11.0. The highest BCUT2D eigenvalue weighted by Gasteiger charge is 2.28. The average molecular weight is 188 g/mol. The second-order valence-electron chi connectivity index (χ2n) is 4.07. The van der Waals surface area contributed by atoms with E-state index in [0.29, 0.717) is 0 Å². The summed E-state index contributed by atoms with van der Waals surface area (Å²) in [5.41, 5.74) is -0.553. The van der Waals surface area contributed by atoms with Crippen LogP contribution in [0.2, 0.25) is 0 Å². The van der Waals surface area contributed by atoms with Gasteiger partial charge >= 0.3 is 5.97 Å². The number of hydrogen-bond donors (Lipinski definition) is 1. The van der Waals surface area contributed by atoms with Crippen LogP contribution in [0.5, 0.6) is 0 Å². The minimum atomic E-state index is -0.553. The van der Waals surface area contributed by atoms with Crippen LogP contribution in [0.3, 0.4) is 0 Å². The Balaban J connectivity index is 3.69. The van der Waals surface area contributed by atoms with Crippen molar-refractivity contribution in [3.05, 3.63) is 0 Å². The highest BCUT2D eigenvalue weighted by atomic mass is 17.1. The lowest BCUT2D eigenvalue weighted by Gasteiger charge is -2.19. The summed E-state index contributed by atoms with van der Waals surface area (Å²) in [6.45, 7) is 5.72. The van der Waals surface area contributed by atoms with Gasteiger partial charge in [-0.15, -0.1) is 0 Å². The van der Waals surface area contributed by atoms with Crippen molar-refractivity contribution < 1.29 is 14.9 Å². The molecule has 3 nitrogen and oxygen atoms in total.